The lowest BCUT2D eigenvalue weighted by Crippen LogP contribution is -2.16. The van der Waals surface area contributed by atoms with Gasteiger partial charge in [0.2, 0.25) is 0 Å². The largest absolute Gasteiger partial charge is 0.311 e. The summed E-state index contributed by atoms with van der Waals surface area (Å²) in [6.07, 6.45) is 2.90. The van der Waals surface area contributed by atoms with E-state index in [9.17, 15) is 0 Å². The Morgan fingerprint density at radius 2 is 2.33 bits per heavy atom. The Morgan fingerprint density at radius 1 is 1.47 bits per heavy atom. The molecular formula is C11H17ClN2S. The van der Waals surface area contributed by atoms with Gasteiger partial charge in [0.25, 0.3) is 0 Å². The van der Waals surface area contributed by atoms with Crippen LogP contribution in [-0.4, -0.2) is 23.0 Å². The lowest BCUT2D eigenvalue weighted by atomic mass is 10.3. The molecule has 0 fully saturated rings. The van der Waals surface area contributed by atoms with E-state index < -0.39 is 0 Å². The van der Waals surface area contributed by atoms with Gasteiger partial charge in [-0.1, -0.05) is 18.5 Å². The van der Waals surface area contributed by atoms with E-state index in [2.05, 4.69) is 17.2 Å². The van der Waals surface area contributed by atoms with Gasteiger partial charge in [-0.05, 0) is 36.6 Å². The Balaban J connectivity index is 2.07. The van der Waals surface area contributed by atoms with Crippen molar-refractivity contribution in [3.63, 3.8) is 0 Å². The molecule has 4 heteroatoms. The van der Waals surface area contributed by atoms with E-state index in [1.54, 1.807) is 6.20 Å². The molecule has 2 nitrogen and oxygen atoms in total. The number of nitrogens with one attached hydrogen (secondary N) is 1. The first-order valence-electron chi connectivity index (χ1n) is 5.22. The van der Waals surface area contributed by atoms with Crippen molar-refractivity contribution in [1.82, 2.24) is 10.3 Å². The summed E-state index contributed by atoms with van der Waals surface area (Å²) in [5, 5.41) is 4.05. The minimum absolute atomic E-state index is 0.693. The molecule has 0 radical (unpaired) electrons. The minimum atomic E-state index is 0.693. The molecule has 0 bridgehead atoms. The summed E-state index contributed by atoms with van der Waals surface area (Å²) in [5.74, 6) is 2.44. The number of halogens is 1. The van der Waals surface area contributed by atoms with Gasteiger partial charge < -0.3 is 5.32 Å². The molecule has 0 saturated carbocycles. The Bertz CT molecular complexity index is 264. The summed E-state index contributed by atoms with van der Waals surface area (Å²) < 4.78 is 0. The van der Waals surface area contributed by atoms with Gasteiger partial charge >= 0.3 is 0 Å². The fourth-order valence-corrected chi connectivity index (χ4v) is 1.92. The van der Waals surface area contributed by atoms with Crippen molar-refractivity contribution in [2.24, 2.45) is 0 Å². The standard InChI is InChI=1S/C11H17ClN2S/c1-2-15-7-3-6-13-9-11-5-4-10(12)8-14-11/h4-5,8,13H,2-3,6-7,9H2,1H3. The molecular weight excluding hydrogens is 228 g/mol. The van der Waals surface area contributed by atoms with Crippen LogP contribution >= 0.6 is 23.4 Å². The molecule has 15 heavy (non-hydrogen) atoms. The van der Waals surface area contributed by atoms with Crippen molar-refractivity contribution in [3.8, 4) is 0 Å². The number of nitrogens with zero attached hydrogens (tertiary/aromatic N) is 1. The maximum absolute atomic E-state index is 5.74. The topological polar surface area (TPSA) is 24.9 Å². The van der Waals surface area contributed by atoms with Crippen LogP contribution in [0.4, 0.5) is 0 Å². The highest BCUT2D eigenvalue weighted by Crippen LogP contribution is 2.05. The first-order chi connectivity index (χ1) is 7.33. The minimum Gasteiger partial charge on any atom is -0.311 e. The van der Waals surface area contributed by atoms with E-state index in [4.69, 9.17) is 11.6 Å². The molecule has 0 aliphatic carbocycles. The second-order valence-corrected chi connectivity index (χ2v) is 5.03. The van der Waals surface area contributed by atoms with Crippen LogP contribution < -0.4 is 5.32 Å². The molecule has 0 atom stereocenters. The van der Waals surface area contributed by atoms with Gasteiger partial charge in [0, 0.05) is 12.7 Å². The van der Waals surface area contributed by atoms with Gasteiger partial charge in [0.15, 0.2) is 0 Å². The summed E-state index contributed by atoms with van der Waals surface area (Å²) >= 11 is 7.73. The third kappa shape index (κ3) is 6.03. The van der Waals surface area contributed by atoms with Gasteiger partial charge in [-0.3, -0.25) is 4.98 Å². The van der Waals surface area contributed by atoms with Gasteiger partial charge in [0.05, 0.1) is 10.7 Å². The summed E-state index contributed by atoms with van der Waals surface area (Å²) in [7, 11) is 0. The van der Waals surface area contributed by atoms with E-state index in [1.165, 1.54) is 17.9 Å². The molecule has 0 aliphatic rings. The SMILES string of the molecule is CCSCCCNCc1ccc(Cl)cn1. The summed E-state index contributed by atoms with van der Waals surface area (Å²) in [5.41, 5.74) is 1.04. The smallest absolute Gasteiger partial charge is 0.0589 e. The monoisotopic (exact) mass is 244 g/mol. The van der Waals surface area contributed by atoms with E-state index in [0.29, 0.717) is 5.02 Å². The van der Waals surface area contributed by atoms with Gasteiger partial charge in [-0.2, -0.15) is 11.8 Å². The predicted octanol–water partition coefficient (Wildman–Crippen LogP) is 2.97. The number of rotatable bonds is 7. The number of hydrogen-bond acceptors (Lipinski definition) is 3. The molecule has 0 spiro atoms. The van der Waals surface area contributed by atoms with Crippen LogP contribution in [0.25, 0.3) is 0 Å². The molecule has 1 aromatic heterocycles. The van der Waals surface area contributed by atoms with Crippen LogP contribution in [0.15, 0.2) is 18.3 Å². The van der Waals surface area contributed by atoms with Crippen LogP contribution in [0.1, 0.15) is 19.0 Å². The summed E-state index contributed by atoms with van der Waals surface area (Å²) in [6, 6.07) is 3.83. The Kier molecular flexibility index (Phi) is 6.81. The van der Waals surface area contributed by atoms with Crippen molar-refractivity contribution in [2.75, 3.05) is 18.1 Å². The Labute approximate surface area is 101 Å². The second kappa shape index (κ2) is 7.97. The average Bonchev–Trinajstić information content (AvgIpc) is 2.26. The highest BCUT2D eigenvalue weighted by atomic mass is 35.5. The molecule has 1 aromatic rings. The molecule has 1 heterocycles. The molecule has 0 aromatic carbocycles. The fourth-order valence-electron chi connectivity index (χ4n) is 1.17. The fraction of sp³-hybridized carbons (Fsp3) is 0.545. The zero-order valence-corrected chi connectivity index (χ0v) is 10.6. The first-order valence-corrected chi connectivity index (χ1v) is 6.75. The molecule has 0 aliphatic heterocycles. The van der Waals surface area contributed by atoms with E-state index in [-0.39, 0.29) is 0 Å². The van der Waals surface area contributed by atoms with Crippen molar-refractivity contribution >= 4 is 23.4 Å². The van der Waals surface area contributed by atoms with E-state index in [0.717, 1.165) is 18.8 Å². The number of pyridine rings is 1. The Morgan fingerprint density at radius 3 is 3.00 bits per heavy atom. The molecule has 1 rings (SSSR count). The van der Waals surface area contributed by atoms with E-state index in [1.807, 2.05) is 23.9 Å². The zero-order chi connectivity index (χ0) is 10.9. The van der Waals surface area contributed by atoms with Crippen molar-refractivity contribution < 1.29 is 0 Å². The molecule has 0 amide bonds. The second-order valence-electron chi connectivity index (χ2n) is 3.20. The molecule has 0 unspecified atom stereocenters. The number of thioether (sulfide) groups is 1. The van der Waals surface area contributed by atoms with Gasteiger partial charge in [0.1, 0.15) is 0 Å². The van der Waals surface area contributed by atoms with Crippen molar-refractivity contribution in [3.05, 3.63) is 29.0 Å². The van der Waals surface area contributed by atoms with Crippen LogP contribution in [0.3, 0.4) is 0 Å². The summed E-state index contributed by atoms with van der Waals surface area (Å²) in [6.45, 7) is 4.07. The summed E-state index contributed by atoms with van der Waals surface area (Å²) in [4.78, 5) is 4.21. The third-order valence-corrected chi connectivity index (χ3v) is 3.15. The quantitative estimate of drug-likeness (QED) is 0.747. The number of hydrogen-bond donors (Lipinski definition) is 1. The zero-order valence-electron chi connectivity index (χ0n) is 9.00. The first kappa shape index (κ1) is 12.8. The molecule has 0 saturated heterocycles. The molecule has 1 N–H and O–H groups in total. The van der Waals surface area contributed by atoms with Crippen molar-refractivity contribution in [2.45, 2.75) is 19.9 Å². The van der Waals surface area contributed by atoms with Crippen LogP contribution in [0.5, 0.6) is 0 Å². The van der Waals surface area contributed by atoms with Crippen LogP contribution in [-0.2, 0) is 6.54 Å². The Hall–Kier alpha value is -0.250. The third-order valence-electron chi connectivity index (χ3n) is 1.94. The van der Waals surface area contributed by atoms with Crippen molar-refractivity contribution in [1.29, 1.82) is 0 Å². The van der Waals surface area contributed by atoms with Crippen LogP contribution in [0, 0.1) is 0 Å². The average molecular weight is 245 g/mol. The van der Waals surface area contributed by atoms with E-state index >= 15 is 0 Å². The molecule has 84 valence electrons. The lowest BCUT2D eigenvalue weighted by Gasteiger charge is -2.03. The maximum Gasteiger partial charge on any atom is 0.0589 e. The van der Waals surface area contributed by atoms with Gasteiger partial charge in [-0.15, -0.1) is 0 Å². The van der Waals surface area contributed by atoms with Gasteiger partial charge in [-0.25, -0.2) is 0 Å². The van der Waals surface area contributed by atoms with Crippen LogP contribution in [0.2, 0.25) is 5.02 Å². The highest BCUT2D eigenvalue weighted by Gasteiger charge is 1.94. The predicted molar refractivity (Wildman–Crippen MR) is 68.6 cm³/mol. The lowest BCUT2D eigenvalue weighted by molar-refractivity contribution is 0.667. The normalized spacial score (nSPS) is 10.5. The number of aromatic nitrogens is 1. The maximum atomic E-state index is 5.74. The highest BCUT2D eigenvalue weighted by molar-refractivity contribution is 7.99.